The standard InChI is InChI=1S/C44H57N10O20P3S2/c1-26(52-53-47)30-10-4-5-11-31(30)43(59)72-34-22-38(71-35(34)24-70-76(63,64)74-77(65,66)73-75(60,61)62)54-23-28(39-40(54)50-44(46)51-41(39)57)9-8-16-48-36(55)12-6-7-17-69-42(58)32-14-13-29(21-33(32)27(2)79-78-3)49-37(56)25-68-20-19-67-18-15-45/h4-5,10-11,13-14,21,23,26-27,34-35,38H,6-7,12,15-20,22,24-25,45H2,1-3H3,(H,48,55)(H,49,56)(H,63,64)(H,65,66)(H2,60,61,62)(H3,46,50,51,57)/t26?,27?,34?,35-,38-/m1/s1. The second kappa shape index (κ2) is 30.3. The first-order chi connectivity index (χ1) is 37.4. The zero-order valence-corrected chi connectivity index (χ0v) is 46.7. The van der Waals surface area contributed by atoms with Gasteiger partial charge >= 0.3 is 35.4 Å². The number of rotatable bonds is 30. The van der Waals surface area contributed by atoms with E-state index in [-0.39, 0.29) is 89.9 Å². The molecular formula is C44H57N10O20P3S2. The summed E-state index contributed by atoms with van der Waals surface area (Å²) in [6.07, 6.45) is -0.555. The SMILES string of the molecule is CSSC(C)c1cc(NC(=O)COCCOCCN)ccc1C(=O)OCCCCC(=O)NCC#Cc1cn([C@H]2CC(OC(=O)c3ccccc3C(C)N=[N+]=[N-])[C@@H](COP(=O)(O)OP(=O)(O)OP(=O)(O)O)O2)c2nc(N)[nH]c(=O)c12. The largest absolute Gasteiger partial charge is 0.490 e. The van der Waals surface area contributed by atoms with Gasteiger partial charge < -0.3 is 69.9 Å². The number of esters is 2. The minimum Gasteiger partial charge on any atom is -0.462 e. The van der Waals surface area contributed by atoms with Crippen LogP contribution in [0, 0.1) is 11.8 Å². The highest BCUT2D eigenvalue weighted by Gasteiger charge is 2.45. The average molecular weight is 1200 g/mol. The summed E-state index contributed by atoms with van der Waals surface area (Å²) in [4.78, 5) is 113. The molecule has 1 saturated heterocycles. The van der Waals surface area contributed by atoms with Crippen LogP contribution in [-0.4, -0.2) is 129 Å². The number of azide groups is 1. The van der Waals surface area contributed by atoms with E-state index in [9.17, 15) is 47.5 Å². The number of nitrogens with zero attached hydrogens (tertiary/aromatic N) is 5. The van der Waals surface area contributed by atoms with Crippen LogP contribution in [0.1, 0.15) is 94.5 Å². The molecule has 11 N–H and O–H groups in total. The molecule has 2 amide bonds. The van der Waals surface area contributed by atoms with Gasteiger partial charge in [0.15, 0.2) is 5.65 Å². The third-order valence-electron chi connectivity index (χ3n) is 10.9. The monoisotopic (exact) mass is 1200 g/mol. The van der Waals surface area contributed by atoms with Gasteiger partial charge in [-0.25, -0.2) is 23.3 Å². The zero-order valence-electron chi connectivity index (χ0n) is 42.4. The van der Waals surface area contributed by atoms with E-state index in [0.717, 1.165) is 0 Å². The first kappa shape index (κ1) is 64.2. The van der Waals surface area contributed by atoms with Gasteiger partial charge in [-0.1, -0.05) is 63.7 Å². The van der Waals surface area contributed by atoms with Crippen molar-refractivity contribution in [1.82, 2.24) is 19.9 Å². The number of anilines is 2. The van der Waals surface area contributed by atoms with Crippen molar-refractivity contribution in [2.45, 2.75) is 69.3 Å². The van der Waals surface area contributed by atoms with Crippen molar-refractivity contribution in [2.75, 3.05) is 70.0 Å². The summed E-state index contributed by atoms with van der Waals surface area (Å²) < 4.78 is 77.7. The first-order valence-electron chi connectivity index (χ1n) is 23.5. The van der Waals surface area contributed by atoms with Crippen LogP contribution >= 0.6 is 45.1 Å². The number of nitrogens with two attached hydrogens (primary N) is 2. The van der Waals surface area contributed by atoms with E-state index in [0.29, 0.717) is 49.4 Å². The van der Waals surface area contributed by atoms with Crippen molar-refractivity contribution in [3.63, 3.8) is 0 Å². The van der Waals surface area contributed by atoms with Gasteiger partial charge in [-0.3, -0.25) is 23.9 Å². The maximum Gasteiger partial charge on any atom is 0.490 e. The number of H-pyrrole nitrogens is 1. The van der Waals surface area contributed by atoms with Crippen LogP contribution in [0.3, 0.4) is 0 Å². The highest BCUT2D eigenvalue weighted by atomic mass is 33.1. The Bertz CT molecular complexity index is 3150. The third kappa shape index (κ3) is 20.1. The lowest BCUT2D eigenvalue weighted by molar-refractivity contribution is -0.121. The fraction of sp³-hybridized carbons (Fsp3) is 0.455. The number of hydrogen-bond donors (Lipinski definition) is 9. The van der Waals surface area contributed by atoms with E-state index < -0.39 is 72.1 Å². The van der Waals surface area contributed by atoms with Crippen molar-refractivity contribution < 1.29 is 89.3 Å². The molecule has 0 aliphatic carbocycles. The lowest BCUT2D eigenvalue weighted by Gasteiger charge is -2.21. The molecule has 1 fully saturated rings. The lowest BCUT2D eigenvalue weighted by Crippen LogP contribution is -2.31. The van der Waals surface area contributed by atoms with Crippen molar-refractivity contribution >= 4 is 91.5 Å². The molecule has 0 saturated carbocycles. The van der Waals surface area contributed by atoms with E-state index in [1.807, 2.05) is 13.2 Å². The predicted octanol–water partition coefficient (Wildman–Crippen LogP) is 5.03. The molecule has 5 rings (SSSR count). The summed E-state index contributed by atoms with van der Waals surface area (Å²) in [5.74, 6) is 2.89. The third-order valence-corrected chi connectivity index (χ3v) is 16.8. The molecule has 1 aliphatic rings. The highest BCUT2D eigenvalue weighted by molar-refractivity contribution is 8.76. The maximum absolute atomic E-state index is 13.7. The number of fused-ring (bicyclic) bond motifs is 1. The smallest absolute Gasteiger partial charge is 0.462 e. The molecule has 0 bridgehead atoms. The average Bonchev–Trinajstić information content (AvgIpc) is 4.20. The molecule has 1 aliphatic heterocycles. The molecular weight excluding hydrogens is 1150 g/mol. The zero-order chi connectivity index (χ0) is 57.9. The molecule has 0 radical (unpaired) electrons. The van der Waals surface area contributed by atoms with Crippen LogP contribution < -0.4 is 27.7 Å². The molecule has 30 nitrogen and oxygen atoms in total. The summed E-state index contributed by atoms with van der Waals surface area (Å²) in [5.41, 5.74) is 21.2. The second-order valence-corrected chi connectivity index (χ2v) is 23.9. The fourth-order valence-electron chi connectivity index (χ4n) is 7.52. The number of aromatic nitrogens is 3. The van der Waals surface area contributed by atoms with Crippen molar-refractivity contribution in [3.05, 3.63) is 97.3 Å². The van der Waals surface area contributed by atoms with Crippen LogP contribution in [0.15, 0.2) is 58.6 Å². The number of aromatic amines is 1. The number of hydrogen-bond acceptors (Lipinski definition) is 22. The molecule has 4 aromatic rings. The minimum atomic E-state index is -5.92. The second-order valence-electron chi connectivity index (χ2n) is 16.6. The minimum absolute atomic E-state index is 0.00590. The topological polar surface area (TPSA) is 450 Å². The van der Waals surface area contributed by atoms with Crippen LogP contribution in [-0.2, 0) is 60.1 Å². The number of phosphoric acid groups is 3. The van der Waals surface area contributed by atoms with Crippen LogP contribution in [0.5, 0.6) is 0 Å². The number of ether oxygens (including phenoxy) is 5. The summed E-state index contributed by atoms with van der Waals surface area (Å²) in [6, 6.07) is 9.98. The van der Waals surface area contributed by atoms with Crippen molar-refractivity contribution in [1.29, 1.82) is 0 Å². The molecule has 430 valence electrons. The van der Waals surface area contributed by atoms with Crippen LogP contribution in [0.25, 0.3) is 21.5 Å². The Balaban J connectivity index is 1.23. The lowest BCUT2D eigenvalue weighted by atomic mass is 10.0. The van der Waals surface area contributed by atoms with E-state index in [2.05, 4.69) is 51.1 Å². The number of nitrogens with one attached hydrogen (secondary N) is 3. The Kier molecular flexibility index (Phi) is 24.6. The first-order valence-corrected chi connectivity index (χ1v) is 30.7. The summed E-state index contributed by atoms with van der Waals surface area (Å²) in [7, 11) is -14.3. The van der Waals surface area contributed by atoms with Gasteiger partial charge in [-0.2, -0.15) is 13.6 Å². The molecule has 0 spiro atoms. The molecule has 7 atom stereocenters. The Morgan fingerprint density at radius 1 is 0.987 bits per heavy atom. The van der Waals surface area contributed by atoms with Gasteiger partial charge in [0.1, 0.15) is 25.0 Å². The molecule has 3 heterocycles. The van der Waals surface area contributed by atoms with Gasteiger partial charge in [0, 0.05) is 41.4 Å². The number of benzene rings is 2. The number of unbranched alkanes of at least 4 members (excludes halogenated alkanes) is 1. The van der Waals surface area contributed by atoms with Gasteiger partial charge in [0.05, 0.1) is 67.7 Å². The summed E-state index contributed by atoms with van der Waals surface area (Å²) in [5, 5.41) is 8.80. The van der Waals surface area contributed by atoms with Crippen molar-refractivity contribution in [2.24, 2.45) is 10.8 Å². The number of phosphoric ester groups is 1. The Morgan fingerprint density at radius 3 is 2.44 bits per heavy atom. The molecule has 5 unspecified atom stereocenters. The number of nitrogen functional groups attached to an aromatic ring is 1. The van der Waals surface area contributed by atoms with Gasteiger partial charge in [0.25, 0.3) is 5.56 Å². The van der Waals surface area contributed by atoms with Crippen LogP contribution in [0.2, 0.25) is 0 Å². The number of amides is 2. The molecule has 79 heavy (non-hydrogen) atoms. The molecule has 2 aromatic carbocycles. The predicted molar refractivity (Wildman–Crippen MR) is 286 cm³/mol. The van der Waals surface area contributed by atoms with Crippen molar-refractivity contribution in [3.8, 4) is 11.8 Å². The molecule has 35 heteroatoms. The Hall–Kier alpha value is -5.64. The summed E-state index contributed by atoms with van der Waals surface area (Å²) >= 11 is 0. The summed E-state index contributed by atoms with van der Waals surface area (Å²) in [6.45, 7) is 3.27. The quantitative estimate of drug-likeness (QED) is 0.00483. The van der Waals surface area contributed by atoms with Gasteiger partial charge in [-0.15, -0.1) is 0 Å². The van der Waals surface area contributed by atoms with E-state index in [4.69, 9.17) is 55.0 Å². The number of carbonyl (C=O) groups is 4. The fourth-order valence-corrected chi connectivity index (χ4v) is 12.3. The van der Waals surface area contributed by atoms with Gasteiger partial charge in [-0.05, 0) is 66.9 Å². The normalized spacial score (nSPS) is 17.5. The van der Waals surface area contributed by atoms with Crippen LogP contribution in [0.4, 0.5) is 11.6 Å². The number of carbonyl (C=O) groups excluding carboxylic acids is 4. The maximum atomic E-state index is 13.7. The Labute approximate surface area is 458 Å². The van der Waals surface area contributed by atoms with E-state index >= 15 is 0 Å². The Morgan fingerprint density at radius 2 is 1.72 bits per heavy atom. The molecule has 2 aromatic heterocycles. The van der Waals surface area contributed by atoms with E-state index in [1.54, 1.807) is 24.3 Å². The van der Waals surface area contributed by atoms with Gasteiger partial charge in [0.2, 0.25) is 17.8 Å². The highest BCUT2D eigenvalue weighted by Crippen LogP contribution is 2.66. The van der Waals surface area contributed by atoms with E-state index in [1.165, 1.54) is 57.5 Å².